The maximum atomic E-state index is 12.8. The monoisotopic (exact) mass is 404 g/mol. The zero-order valence-electron chi connectivity index (χ0n) is 13.0. The Bertz CT molecular complexity index is 850. The third-order valence-corrected chi connectivity index (χ3v) is 7.01. The van der Waals surface area contributed by atoms with Gasteiger partial charge < -0.3 is 0 Å². The van der Waals surface area contributed by atoms with Gasteiger partial charge in [-0.25, -0.2) is 8.42 Å². The summed E-state index contributed by atoms with van der Waals surface area (Å²) in [6.07, 6.45) is 1.01. The van der Waals surface area contributed by atoms with E-state index in [1.807, 2.05) is 30.3 Å². The van der Waals surface area contributed by atoms with E-state index in [1.54, 1.807) is 24.3 Å². The van der Waals surface area contributed by atoms with Crippen LogP contribution in [0.3, 0.4) is 0 Å². The number of nitrogens with zero attached hydrogens (tertiary/aromatic N) is 2. The standard InChI is InChI=1S/C18H17BrN2O2S/c19-16-6-8-17(9-7-16)24(22,23)21-12-10-18(14-20,11-13-21)15-4-2-1-3-5-15/h1-9H,10-13H2. The molecule has 1 heterocycles. The highest BCUT2D eigenvalue weighted by Crippen LogP contribution is 2.36. The van der Waals surface area contributed by atoms with Crippen molar-refractivity contribution in [2.45, 2.75) is 23.2 Å². The smallest absolute Gasteiger partial charge is 0.207 e. The molecule has 24 heavy (non-hydrogen) atoms. The van der Waals surface area contributed by atoms with Gasteiger partial charge in [0.25, 0.3) is 0 Å². The highest BCUT2D eigenvalue weighted by atomic mass is 79.9. The second-order valence-corrected chi connectivity index (χ2v) is 8.77. The first kappa shape index (κ1) is 17.2. The van der Waals surface area contributed by atoms with Crippen LogP contribution in [0.5, 0.6) is 0 Å². The van der Waals surface area contributed by atoms with Gasteiger partial charge in [0.1, 0.15) is 0 Å². The van der Waals surface area contributed by atoms with Crippen LogP contribution >= 0.6 is 15.9 Å². The van der Waals surface area contributed by atoms with Crippen LogP contribution in [0, 0.1) is 11.3 Å². The maximum absolute atomic E-state index is 12.8. The minimum atomic E-state index is -3.52. The van der Waals surface area contributed by atoms with Gasteiger partial charge >= 0.3 is 0 Å². The number of nitriles is 1. The summed E-state index contributed by atoms with van der Waals surface area (Å²) in [6.45, 7) is 0.696. The molecule has 0 spiro atoms. The predicted octanol–water partition coefficient (Wildman–Crippen LogP) is 3.70. The van der Waals surface area contributed by atoms with E-state index in [0.29, 0.717) is 25.9 Å². The van der Waals surface area contributed by atoms with Crippen molar-refractivity contribution in [3.63, 3.8) is 0 Å². The second-order valence-electron chi connectivity index (χ2n) is 5.92. The van der Waals surface area contributed by atoms with Gasteiger partial charge in [-0.3, -0.25) is 0 Å². The van der Waals surface area contributed by atoms with Crippen molar-refractivity contribution in [1.82, 2.24) is 4.31 Å². The molecule has 0 atom stereocenters. The van der Waals surface area contributed by atoms with Gasteiger partial charge in [0, 0.05) is 17.6 Å². The molecule has 0 saturated carbocycles. The Kier molecular flexibility index (Phi) is 4.77. The van der Waals surface area contributed by atoms with Crippen LogP contribution in [0.25, 0.3) is 0 Å². The van der Waals surface area contributed by atoms with Crippen molar-refractivity contribution < 1.29 is 8.42 Å². The van der Waals surface area contributed by atoms with E-state index in [-0.39, 0.29) is 4.90 Å². The molecule has 124 valence electrons. The van der Waals surface area contributed by atoms with Crippen LogP contribution in [0.2, 0.25) is 0 Å². The summed E-state index contributed by atoms with van der Waals surface area (Å²) in [6, 6.07) is 18.7. The number of hydrogen-bond acceptors (Lipinski definition) is 3. The number of rotatable bonds is 3. The van der Waals surface area contributed by atoms with E-state index in [0.717, 1.165) is 10.0 Å². The Morgan fingerprint density at radius 3 is 2.12 bits per heavy atom. The van der Waals surface area contributed by atoms with Crippen molar-refractivity contribution in [2.75, 3.05) is 13.1 Å². The molecule has 0 amide bonds. The third-order valence-electron chi connectivity index (χ3n) is 4.57. The molecule has 0 radical (unpaired) electrons. The fraction of sp³-hybridized carbons (Fsp3) is 0.278. The van der Waals surface area contributed by atoms with E-state index >= 15 is 0 Å². The zero-order chi connectivity index (χ0) is 17.2. The van der Waals surface area contributed by atoms with Crippen LogP contribution < -0.4 is 0 Å². The lowest BCUT2D eigenvalue weighted by atomic mass is 9.74. The van der Waals surface area contributed by atoms with Gasteiger partial charge in [-0.15, -0.1) is 0 Å². The molecule has 0 bridgehead atoms. The Morgan fingerprint density at radius 2 is 1.58 bits per heavy atom. The van der Waals surface area contributed by atoms with Crippen molar-refractivity contribution in [2.24, 2.45) is 0 Å². The minimum Gasteiger partial charge on any atom is -0.207 e. The van der Waals surface area contributed by atoms with Crippen molar-refractivity contribution in [3.8, 4) is 6.07 Å². The average molecular weight is 405 g/mol. The zero-order valence-corrected chi connectivity index (χ0v) is 15.4. The Balaban J connectivity index is 1.82. The lowest BCUT2D eigenvalue weighted by molar-refractivity contribution is 0.277. The van der Waals surface area contributed by atoms with Crippen LogP contribution in [-0.4, -0.2) is 25.8 Å². The molecule has 0 aliphatic carbocycles. The van der Waals surface area contributed by atoms with Crippen molar-refractivity contribution in [3.05, 3.63) is 64.6 Å². The Hall–Kier alpha value is -1.68. The quantitative estimate of drug-likeness (QED) is 0.783. The van der Waals surface area contributed by atoms with Crippen LogP contribution in [0.15, 0.2) is 64.0 Å². The molecule has 1 fully saturated rings. The average Bonchev–Trinajstić information content (AvgIpc) is 2.63. The Labute approximate surface area is 150 Å². The van der Waals surface area contributed by atoms with E-state index in [4.69, 9.17) is 0 Å². The lowest BCUT2D eigenvalue weighted by Gasteiger charge is -2.36. The van der Waals surface area contributed by atoms with Crippen molar-refractivity contribution >= 4 is 26.0 Å². The molecule has 1 aliphatic heterocycles. The van der Waals surface area contributed by atoms with Gasteiger partial charge in [-0.05, 0) is 42.7 Å². The number of benzene rings is 2. The van der Waals surface area contributed by atoms with E-state index in [1.165, 1.54) is 4.31 Å². The first-order chi connectivity index (χ1) is 11.5. The molecule has 0 unspecified atom stereocenters. The van der Waals surface area contributed by atoms with Gasteiger partial charge in [-0.1, -0.05) is 46.3 Å². The molecule has 2 aromatic rings. The molecule has 2 aromatic carbocycles. The normalized spacial score (nSPS) is 18.0. The van der Waals surface area contributed by atoms with Crippen molar-refractivity contribution in [1.29, 1.82) is 5.26 Å². The molecule has 1 saturated heterocycles. The molecule has 6 heteroatoms. The molecular weight excluding hydrogens is 388 g/mol. The van der Waals surface area contributed by atoms with Gasteiger partial charge in [0.15, 0.2) is 0 Å². The van der Waals surface area contributed by atoms with Gasteiger partial charge in [-0.2, -0.15) is 9.57 Å². The fourth-order valence-corrected chi connectivity index (χ4v) is 4.79. The molecule has 1 aliphatic rings. The van der Waals surface area contributed by atoms with Crippen LogP contribution in [0.4, 0.5) is 0 Å². The largest absolute Gasteiger partial charge is 0.243 e. The second kappa shape index (κ2) is 6.67. The first-order valence-corrected chi connectivity index (χ1v) is 9.94. The number of piperidine rings is 1. The van der Waals surface area contributed by atoms with E-state index < -0.39 is 15.4 Å². The highest BCUT2D eigenvalue weighted by Gasteiger charge is 2.39. The van der Waals surface area contributed by atoms with Crippen LogP contribution in [-0.2, 0) is 15.4 Å². The molecule has 4 nitrogen and oxygen atoms in total. The lowest BCUT2D eigenvalue weighted by Crippen LogP contribution is -2.44. The molecule has 0 N–H and O–H groups in total. The SMILES string of the molecule is N#CC1(c2ccccc2)CCN(S(=O)(=O)c2ccc(Br)cc2)CC1. The number of sulfonamides is 1. The minimum absolute atomic E-state index is 0.287. The Morgan fingerprint density at radius 1 is 1.00 bits per heavy atom. The summed E-state index contributed by atoms with van der Waals surface area (Å²) < 4.78 is 27.8. The molecule has 0 aromatic heterocycles. The summed E-state index contributed by atoms with van der Waals surface area (Å²) in [7, 11) is -3.52. The summed E-state index contributed by atoms with van der Waals surface area (Å²) in [5.41, 5.74) is 0.362. The predicted molar refractivity (Wildman–Crippen MR) is 95.9 cm³/mol. The molecule has 3 rings (SSSR count). The first-order valence-electron chi connectivity index (χ1n) is 7.70. The summed E-state index contributed by atoms with van der Waals surface area (Å²) in [5, 5.41) is 9.71. The van der Waals surface area contributed by atoms with Crippen LogP contribution in [0.1, 0.15) is 18.4 Å². The van der Waals surface area contributed by atoms with E-state index in [2.05, 4.69) is 22.0 Å². The summed E-state index contributed by atoms with van der Waals surface area (Å²) in [4.78, 5) is 0.287. The van der Waals surface area contributed by atoms with Gasteiger partial charge in [0.05, 0.1) is 16.4 Å². The number of hydrogen-bond donors (Lipinski definition) is 0. The topological polar surface area (TPSA) is 61.2 Å². The summed E-state index contributed by atoms with van der Waals surface area (Å²) in [5.74, 6) is 0. The fourth-order valence-electron chi connectivity index (χ4n) is 3.09. The summed E-state index contributed by atoms with van der Waals surface area (Å²) >= 11 is 3.31. The highest BCUT2D eigenvalue weighted by molar-refractivity contribution is 9.10. The number of halogens is 1. The molecular formula is C18H17BrN2O2S. The van der Waals surface area contributed by atoms with Gasteiger partial charge in [0.2, 0.25) is 10.0 Å². The van der Waals surface area contributed by atoms with E-state index in [9.17, 15) is 13.7 Å². The maximum Gasteiger partial charge on any atom is 0.243 e. The third kappa shape index (κ3) is 3.12.